The maximum atomic E-state index is 13.0. The minimum absolute atomic E-state index is 0.0869. The quantitative estimate of drug-likeness (QED) is 0.907. The molecule has 0 saturated heterocycles. The van der Waals surface area contributed by atoms with Crippen LogP contribution in [0.3, 0.4) is 0 Å². The minimum Gasteiger partial charge on any atom is -0.507 e. The Morgan fingerprint density at radius 1 is 1.26 bits per heavy atom. The van der Waals surface area contributed by atoms with Crippen LogP contribution in [0.1, 0.15) is 15.9 Å². The van der Waals surface area contributed by atoms with Gasteiger partial charge in [-0.1, -0.05) is 23.7 Å². The highest BCUT2D eigenvalue weighted by Gasteiger charge is 2.11. The van der Waals surface area contributed by atoms with Crippen molar-refractivity contribution in [2.45, 2.75) is 6.54 Å². The lowest BCUT2D eigenvalue weighted by Gasteiger charge is -2.07. The fraction of sp³-hybridized carbons (Fsp3) is 0.0714. The van der Waals surface area contributed by atoms with E-state index in [0.29, 0.717) is 10.6 Å². The lowest BCUT2D eigenvalue weighted by Crippen LogP contribution is -2.22. The summed E-state index contributed by atoms with van der Waals surface area (Å²) in [6.07, 6.45) is 0. The summed E-state index contributed by atoms with van der Waals surface area (Å²) in [5, 5.41) is 12.5. The van der Waals surface area contributed by atoms with Crippen LogP contribution in [0.5, 0.6) is 5.75 Å². The van der Waals surface area contributed by atoms with Gasteiger partial charge >= 0.3 is 0 Å². The van der Waals surface area contributed by atoms with Crippen LogP contribution in [-0.4, -0.2) is 11.0 Å². The number of rotatable bonds is 3. The Morgan fingerprint density at radius 3 is 2.79 bits per heavy atom. The van der Waals surface area contributed by atoms with Crippen LogP contribution >= 0.6 is 11.6 Å². The summed E-state index contributed by atoms with van der Waals surface area (Å²) in [6, 6.07) is 10.1. The molecule has 0 aliphatic heterocycles. The first-order chi connectivity index (χ1) is 9.06. The average molecular weight is 280 g/mol. The topological polar surface area (TPSA) is 49.3 Å². The molecule has 0 unspecified atom stereocenters. The molecule has 98 valence electrons. The highest BCUT2D eigenvalue weighted by molar-refractivity contribution is 6.31. The third-order valence-electron chi connectivity index (χ3n) is 2.55. The van der Waals surface area contributed by atoms with E-state index in [1.807, 2.05) is 0 Å². The molecule has 0 saturated carbocycles. The number of nitrogens with one attached hydrogen (secondary N) is 1. The largest absolute Gasteiger partial charge is 0.507 e. The van der Waals surface area contributed by atoms with Gasteiger partial charge < -0.3 is 10.4 Å². The van der Waals surface area contributed by atoms with E-state index in [1.54, 1.807) is 12.1 Å². The molecule has 0 aliphatic carbocycles. The summed E-state index contributed by atoms with van der Waals surface area (Å²) in [6.45, 7) is 0.169. The van der Waals surface area contributed by atoms with Gasteiger partial charge in [0, 0.05) is 11.6 Å². The fourth-order valence-corrected chi connectivity index (χ4v) is 1.79. The number of carbonyl (C=O) groups excluding carboxylic acids is 1. The molecule has 2 aromatic rings. The van der Waals surface area contributed by atoms with Crippen molar-refractivity contribution in [3.05, 3.63) is 64.4 Å². The molecule has 2 rings (SSSR count). The van der Waals surface area contributed by atoms with Crippen molar-refractivity contribution >= 4 is 17.5 Å². The predicted octanol–water partition coefficient (Wildman–Crippen LogP) is 3.11. The third kappa shape index (κ3) is 3.45. The van der Waals surface area contributed by atoms with Gasteiger partial charge in [-0.25, -0.2) is 4.39 Å². The van der Waals surface area contributed by atoms with Crippen LogP contribution in [0.15, 0.2) is 42.5 Å². The summed E-state index contributed by atoms with van der Waals surface area (Å²) >= 11 is 5.76. The van der Waals surface area contributed by atoms with Crippen LogP contribution in [0.25, 0.3) is 0 Å². The normalized spacial score (nSPS) is 10.2. The summed E-state index contributed by atoms with van der Waals surface area (Å²) in [4.78, 5) is 11.9. The first-order valence-corrected chi connectivity index (χ1v) is 5.95. The standard InChI is InChI=1S/C14H11ClFNO2/c15-10-4-5-13(18)12(7-10)14(19)17-8-9-2-1-3-11(16)6-9/h1-7,18H,8H2,(H,17,19). The number of amides is 1. The Kier molecular flexibility index (Phi) is 4.02. The SMILES string of the molecule is O=C(NCc1cccc(F)c1)c1cc(Cl)ccc1O. The Labute approximate surface area is 114 Å². The van der Waals surface area contributed by atoms with Gasteiger partial charge in [0.05, 0.1) is 5.56 Å². The van der Waals surface area contributed by atoms with Crippen LogP contribution < -0.4 is 5.32 Å². The van der Waals surface area contributed by atoms with E-state index < -0.39 is 5.91 Å². The second kappa shape index (κ2) is 5.71. The molecular formula is C14H11ClFNO2. The van der Waals surface area contributed by atoms with E-state index in [1.165, 1.54) is 30.3 Å². The number of halogens is 2. The molecule has 0 spiro atoms. The van der Waals surface area contributed by atoms with Crippen molar-refractivity contribution < 1.29 is 14.3 Å². The molecule has 1 amide bonds. The summed E-state index contributed by atoms with van der Waals surface area (Å²) < 4.78 is 13.0. The van der Waals surface area contributed by atoms with Crippen LogP contribution in [-0.2, 0) is 6.54 Å². The zero-order valence-electron chi connectivity index (χ0n) is 9.86. The van der Waals surface area contributed by atoms with Gasteiger partial charge in [-0.2, -0.15) is 0 Å². The van der Waals surface area contributed by atoms with Gasteiger partial charge in [-0.3, -0.25) is 4.79 Å². The zero-order chi connectivity index (χ0) is 13.8. The molecule has 0 atom stereocenters. The molecule has 19 heavy (non-hydrogen) atoms. The number of hydrogen-bond donors (Lipinski definition) is 2. The summed E-state index contributed by atoms with van der Waals surface area (Å²) in [5.74, 6) is -0.984. The van der Waals surface area contributed by atoms with Gasteiger partial charge in [0.2, 0.25) is 0 Å². The van der Waals surface area contributed by atoms with Crippen LogP contribution in [0.4, 0.5) is 4.39 Å². The molecule has 0 fully saturated rings. The lowest BCUT2D eigenvalue weighted by atomic mass is 10.1. The van der Waals surface area contributed by atoms with Crippen molar-refractivity contribution in [1.29, 1.82) is 0 Å². The van der Waals surface area contributed by atoms with Gasteiger partial charge in [-0.05, 0) is 35.9 Å². The van der Waals surface area contributed by atoms with Crippen molar-refractivity contribution in [1.82, 2.24) is 5.32 Å². The summed E-state index contributed by atoms with van der Waals surface area (Å²) in [5.41, 5.74) is 0.721. The van der Waals surface area contributed by atoms with Gasteiger partial charge in [0.1, 0.15) is 11.6 Å². The zero-order valence-corrected chi connectivity index (χ0v) is 10.6. The Bertz CT molecular complexity index is 616. The molecule has 0 radical (unpaired) electrons. The highest BCUT2D eigenvalue weighted by Crippen LogP contribution is 2.21. The van der Waals surface area contributed by atoms with Crippen LogP contribution in [0, 0.1) is 5.82 Å². The molecule has 2 aromatic carbocycles. The smallest absolute Gasteiger partial charge is 0.255 e. The second-order valence-corrected chi connectivity index (χ2v) is 4.41. The lowest BCUT2D eigenvalue weighted by molar-refractivity contribution is 0.0948. The predicted molar refractivity (Wildman–Crippen MR) is 70.7 cm³/mol. The van der Waals surface area contributed by atoms with Gasteiger partial charge in [-0.15, -0.1) is 0 Å². The van der Waals surface area contributed by atoms with E-state index in [0.717, 1.165) is 0 Å². The van der Waals surface area contributed by atoms with Crippen molar-refractivity contribution in [3.8, 4) is 5.75 Å². The Hall–Kier alpha value is -2.07. The Morgan fingerprint density at radius 2 is 2.05 bits per heavy atom. The third-order valence-corrected chi connectivity index (χ3v) is 2.78. The van der Waals surface area contributed by atoms with E-state index in [2.05, 4.69) is 5.32 Å². The monoisotopic (exact) mass is 279 g/mol. The van der Waals surface area contributed by atoms with Gasteiger partial charge in [0.15, 0.2) is 0 Å². The number of hydrogen-bond acceptors (Lipinski definition) is 2. The summed E-state index contributed by atoms with van der Waals surface area (Å²) in [7, 11) is 0. The first-order valence-electron chi connectivity index (χ1n) is 5.57. The highest BCUT2D eigenvalue weighted by atomic mass is 35.5. The molecule has 0 bridgehead atoms. The molecule has 0 aromatic heterocycles. The van der Waals surface area contributed by atoms with E-state index in [4.69, 9.17) is 11.6 Å². The maximum Gasteiger partial charge on any atom is 0.255 e. The Balaban J connectivity index is 2.07. The maximum absolute atomic E-state index is 13.0. The molecule has 2 N–H and O–H groups in total. The molecule has 0 heterocycles. The first kappa shape index (κ1) is 13.4. The van der Waals surface area contributed by atoms with Gasteiger partial charge in [0.25, 0.3) is 5.91 Å². The minimum atomic E-state index is -0.468. The average Bonchev–Trinajstić information content (AvgIpc) is 2.39. The van der Waals surface area contributed by atoms with Crippen molar-refractivity contribution in [2.24, 2.45) is 0 Å². The number of carbonyl (C=O) groups is 1. The second-order valence-electron chi connectivity index (χ2n) is 3.97. The van der Waals surface area contributed by atoms with E-state index in [9.17, 15) is 14.3 Å². The molecule has 3 nitrogen and oxygen atoms in total. The van der Waals surface area contributed by atoms with Crippen molar-refractivity contribution in [2.75, 3.05) is 0 Å². The fourth-order valence-electron chi connectivity index (χ4n) is 1.61. The number of aromatic hydroxyl groups is 1. The van der Waals surface area contributed by atoms with E-state index >= 15 is 0 Å². The van der Waals surface area contributed by atoms with E-state index in [-0.39, 0.29) is 23.7 Å². The molecule has 0 aliphatic rings. The van der Waals surface area contributed by atoms with Crippen LogP contribution in [0.2, 0.25) is 5.02 Å². The molecule has 5 heteroatoms. The number of benzene rings is 2. The van der Waals surface area contributed by atoms with Crippen molar-refractivity contribution in [3.63, 3.8) is 0 Å². The number of phenolic OH excluding ortho intramolecular Hbond substituents is 1. The number of phenols is 1. The molecular weight excluding hydrogens is 269 g/mol.